The minimum absolute atomic E-state index is 0.00458. The van der Waals surface area contributed by atoms with Crippen LogP contribution in [0.5, 0.6) is 0 Å². The lowest BCUT2D eigenvalue weighted by molar-refractivity contribution is -0.142. The Bertz CT molecular complexity index is 184. The highest BCUT2D eigenvalue weighted by Gasteiger charge is 2.40. The summed E-state index contributed by atoms with van der Waals surface area (Å²) in [6.45, 7) is 0. The van der Waals surface area contributed by atoms with Crippen LogP contribution in [0.4, 0.5) is 0 Å². The van der Waals surface area contributed by atoms with Crippen LogP contribution in [0, 0.1) is 17.8 Å². The lowest BCUT2D eigenvalue weighted by Crippen LogP contribution is -2.27. The van der Waals surface area contributed by atoms with Crippen molar-refractivity contribution in [1.29, 1.82) is 0 Å². The maximum atomic E-state index is 5.28. The molecule has 0 N–H and O–H groups in total. The van der Waals surface area contributed by atoms with Crippen LogP contribution in [-0.2, 0) is 9.47 Å². The molecule has 2 aliphatic carbocycles. The van der Waals surface area contributed by atoms with Gasteiger partial charge in [-0.15, -0.1) is 0 Å². The van der Waals surface area contributed by atoms with Gasteiger partial charge >= 0.3 is 0 Å². The Morgan fingerprint density at radius 3 is 2.33 bits per heavy atom. The van der Waals surface area contributed by atoms with Crippen LogP contribution >= 0.6 is 0 Å². The maximum Gasteiger partial charge on any atom is 0.160 e. The van der Waals surface area contributed by atoms with Crippen molar-refractivity contribution in [3.05, 3.63) is 12.2 Å². The van der Waals surface area contributed by atoms with Crippen LogP contribution in [-0.4, -0.2) is 20.5 Å². The molecule has 0 spiro atoms. The van der Waals surface area contributed by atoms with Crippen LogP contribution in [0.1, 0.15) is 12.8 Å². The van der Waals surface area contributed by atoms with Crippen LogP contribution in [0.25, 0.3) is 0 Å². The fourth-order valence-electron chi connectivity index (χ4n) is 2.58. The Hall–Kier alpha value is -0.340. The van der Waals surface area contributed by atoms with E-state index in [-0.39, 0.29) is 6.29 Å². The van der Waals surface area contributed by atoms with Crippen molar-refractivity contribution in [2.24, 2.45) is 17.8 Å². The Kier molecular flexibility index (Phi) is 2.20. The highest BCUT2D eigenvalue weighted by atomic mass is 16.7. The average molecular weight is 168 g/mol. The Morgan fingerprint density at radius 1 is 1.17 bits per heavy atom. The molecule has 0 aliphatic heterocycles. The fourth-order valence-corrected chi connectivity index (χ4v) is 2.58. The van der Waals surface area contributed by atoms with Crippen molar-refractivity contribution < 1.29 is 9.47 Å². The van der Waals surface area contributed by atoms with Gasteiger partial charge in [-0.3, -0.25) is 0 Å². The monoisotopic (exact) mass is 168 g/mol. The first-order chi connectivity index (χ1) is 5.85. The zero-order chi connectivity index (χ0) is 8.55. The number of methoxy groups -OCH3 is 2. The van der Waals surface area contributed by atoms with E-state index in [1.807, 2.05) is 0 Å². The molecule has 2 bridgehead atoms. The van der Waals surface area contributed by atoms with E-state index in [0.29, 0.717) is 11.8 Å². The molecule has 0 amide bonds. The Labute approximate surface area is 73.5 Å². The normalized spacial score (nSPS) is 38.4. The second-order valence-electron chi connectivity index (χ2n) is 3.78. The molecular formula is C10H16O2. The minimum Gasteiger partial charge on any atom is -0.356 e. The molecule has 1 saturated carbocycles. The number of allylic oxidation sites excluding steroid dienone is 2. The van der Waals surface area contributed by atoms with Crippen LogP contribution < -0.4 is 0 Å². The predicted molar refractivity (Wildman–Crippen MR) is 46.7 cm³/mol. The summed E-state index contributed by atoms with van der Waals surface area (Å²) in [5.74, 6) is 2.10. The summed E-state index contributed by atoms with van der Waals surface area (Å²) in [7, 11) is 3.45. The molecule has 12 heavy (non-hydrogen) atoms. The van der Waals surface area contributed by atoms with Gasteiger partial charge in [0.1, 0.15) is 0 Å². The quantitative estimate of drug-likeness (QED) is 0.472. The topological polar surface area (TPSA) is 18.5 Å². The lowest BCUT2D eigenvalue weighted by Gasteiger charge is -2.25. The van der Waals surface area contributed by atoms with Crippen molar-refractivity contribution in [2.45, 2.75) is 19.1 Å². The highest BCUT2D eigenvalue weighted by Crippen LogP contribution is 2.45. The SMILES string of the molecule is COC(OC)C1CC2C=CC1C2. The molecule has 2 heteroatoms. The van der Waals surface area contributed by atoms with Crippen LogP contribution in [0.15, 0.2) is 12.2 Å². The third-order valence-electron chi connectivity index (χ3n) is 3.14. The van der Waals surface area contributed by atoms with Crippen molar-refractivity contribution in [1.82, 2.24) is 0 Å². The van der Waals surface area contributed by atoms with E-state index < -0.39 is 0 Å². The van der Waals surface area contributed by atoms with Gasteiger partial charge in [-0.1, -0.05) is 12.2 Å². The molecule has 0 aromatic heterocycles. The van der Waals surface area contributed by atoms with Gasteiger partial charge in [0.2, 0.25) is 0 Å². The molecule has 0 saturated heterocycles. The van der Waals surface area contributed by atoms with Gasteiger partial charge < -0.3 is 9.47 Å². The van der Waals surface area contributed by atoms with E-state index in [9.17, 15) is 0 Å². The Morgan fingerprint density at radius 2 is 1.92 bits per heavy atom. The maximum absolute atomic E-state index is 5.28. The van der Waals surface area contributed by atoms with Gasteiger partial charge in [-0.25, -0.2) is 0 Å². The fraction of sp³-hybridized carbons (Fsp3) is 0.800. The van der Waals surface area contributed by atoms with E-state index in [2.05, 4.69) is 12.2 Å². The molecule has 1 fully saturated rings. The van der Waals surface area contributed by atoms with Crippen molar-refractivity contribution in [2.75, 3.05) is 14.2 Å². The van der Waals surface area contributed by atoms with Gasteiger partial charge in [0, 0.05) is 20.1 Å². The molecule has 3 unspecified atom stereocenters. The lowest BCUT2D eigenvalue weighted by atomic mass is 9.93. The molecule has 0 radical (unpaired) electrons. The molecular weight excluding hydrogens is 152 g/mol. The third-order valence-corrected chi connectivity index (χ3v) is 3.14. The first-order valence-electron chi connectivity index (χ1n) is 4.59. The predicted octanol–water partition coefficient (Wildman–Crippen LogP) is 1.82. The number of fused-ring (bicyclic) bond motifs is 2. The standard InChI is InChI=1S/C10H16O2/c1-11-10(12-2)9-6-7-3-4-8(9)5-7/h3-4,7-10H,5-6H2,1-2H3. The van der Waals surface area contributed by atoms with E-state index in [0.717, 1.165) is 5.92 Å². The summed E-state index contributed by atoms with van der Waals surface area (Å²) < 4.78 is 10.6. The summed E-state index contributed by atoms with van der Waals surface area (Å²) in [4.78, 5) is 0. The molecule has 3 atom stereocenters. The average Bonchev–Trinajstić information content (AvgIpc) is 2.67. The van der Waals surface area contributed by atoms with Gasteiger partial charge in [0.15, 0.2) is 6.29 Å². The largest absolute Gasteiger partial charge is 0.356 e. The second kappa shape index (κ2) is 3.19. The van der Waals surface area contributed by atoms with E-state index in [1.165, 1.54) is 12.8 Å². The molecule has 2 nitrogen and oxygen atoms in total. The van der Waals surface area contributed by atoms with E-state index >= 15 is 0 Å². The number of rotatable bonds is 3. The minimum atomic E-state index is 0.00458. The first kappa shape index (κ1) is 8.27. The molecule has 2 aliphatic rings. The van der Waals surface area contributed by atoms with Crippen molar-refractivity contribution in [3.8, 4) is 0 Å². The van der Waals surface area contributed by atoms with Gasteiger partial charge in [-0.05, 0) is 24.7 Å². The van der Waals surface area contributed by atoms with Crippen molar-refractivity contribution >= 4 is 0 Å². The van der Waals surface area contributed by atoms with E-state index in [1.54, 1.807) is 14.2 Å². The van der Waals surface area contributed by atoms with Crippen molar-refractivity contribution in [3.63, 3.8) is 0 Å². The molecule has 0 aromatic carbocycles. The summed E-state index contributed by atoms with van der Waals surface area (Å²) in [6, 6.07) is 0. The number of hydrogen-bond donors (Lipinski definition) is 0. The van der Waals surface area contributed by atoms with Crippen LogP contribution in [0.3, 0.4) is 0 Å². The third kappa shape index (κ3) is 1.19. The summed E-state index contributed by atoms with van der Waals surface area (Å²) in [5, 5.41) is 0. The highest BCUT2D eigenvalue weighted by molar-refractivity contribution is 5.10. The first-order valence-corrected chi connectivity index (χ1v) is 4.59. The summed E-state index contributed by atoms with van der Waals surface area (Å²) >= 11 is 0. The smallest absolute Gasteiger partial charge is 0.160 e. The van der Waals surface area contributed by atoms with Gasteiger partial charge in [0.25, 0.3) is 0 Å². The van der Waals surface area contributed by atoms with Crippen LogP contribution in [0.2, 0.25) is 0 Å². The molecule has 0 heterocycles. The Balaban J connectivity index is 2.01. The second-order valence-corrected chi connectivity index (χ2v) is 3.78. The zero-order valence-electron chi connectivity index (χ0n) is 7.69. The number of ether oxygens (including phenoxy) is 2. The molecule has 2 rings (SSSR count). The van der Waals surface area contributed by atoms with Gasteiger partial charge in [-0.2, -0.15) is 0 Å². The number of hydrogen-bond acceptors (Lipinski definition) is 2. The molecule has 0 aromatic rings. The zero-order valence-corrected chi connectivity index (χ0v) is 7.69. The summed E-state index contributed by atoms with van der Waals surface area (Å²) in [5.41, 5.74) is 0. The molecule has 68 valence electrons. The van der Waals surface area contributed by atoms with E-state index in [4.69, 9.17) is 9.47 Å². The summed E-state index contributed by atoms with van der Waals surface area (Å²) in [6.07, 6.45) is 7.22. The van der Waals surface area contributed by atoms with Gasteiger partial charge in [0.05, 0.1) is 0 Å².